The van der Waals surface area contributed by atoms with E-state index in [4.69, 9.17) is 15.2 Å². The summed E-state index contributed by atoms with van der Waals surface area (Å²) in [6.45, 7) is 1.85. The zero-order valence-electron chi connectivity index (χ0n) is 10.3. The van der Waals surface area contributed by atoms with E-state index in [-0.39, 0.29) is 6.61 Å². The molecule has 0 aliphatic rings. The molecule has 0 aliphatic carbocycles. The lowest BCUT2D eigenvalue weighted by Gasteiger charge is -2.25. The van der Waals surface area contributed by atoms with E-state index in [1.807, 2.05) is 12.1 Å². The van der Waals surface area contributed by atoms with Gasteiger partial charge >= 0.3 is 0 Å². The van der Waals surface area contributed by atoms with Crippen LogP contribution in [0, 0.1) is 0 Å². The van der Waals surface area contributed by atoms with Crippen LogP contribution in [0.4, 0.5) is 0 Å². The summed E-state index contributed by atoms with van der Waals surface area (Å²) in [5, 5.41) is 2.85. The minimum atomic E-state index is -0.886. The summed E-state index contributed by atoms with van der Waals surface area (Å²) in [6, 6.07) is 7.17. The molecule has 0 aromatic heterocycles. The summed E-state index contributed by atoms with van der Waals surface area (Å²) in [5.74, 6) is 0.878. The molecule has 0 bridgehead atoms. The smallest absolute Gasteiger partial charge is 0.240 e. The summed E-state index contributed by atoms with van der Waals surface area (Å²) < 4.78 is 10.6. The van der Waals surface area contributed by atoms with Crippen molar-refractivity contribution in [3.63, 3.8) is 0 Å². The predicted octanol–water partition coefficient (Wildman–Crippen LogP) is 0.537. The van der Waals surface area contributed by atoms with Crippen molar-refractivity contribution < 1.29 is 14.3 Å². The van der Waals surface area contributed by atoms with Gasteiger partial charge in [0, 0.05) is 6.07 Å². The molecule has 3 N–H and O–H groups in total. The molecule has 1 amide bonds. The number of nitrogens with one attached hydrogen (secondary N) is 1. The number of benzene rings is 1. The number of primary amides is 1. The van der Waals surface area contributed by atoms with Crippen molar-refractivity contribution in [1.29, 1.82) is 0 Å². The minimum Gasteiger partial charge on any atom is -0.497 e. The van der Waals surface area contributed by atoms with Crippen LogP contribution < -0.4 is 20.5 Å². The average molecular weight is 238 g/mol. The highest BCUT2D eigenvalue weighted by Crippen LogP contribution is 2.19. The SMILES string of the molecule is CNC(C)(COc1cccc(OC)c1)C(N)=O. The van der Waals surface area contributed by atoms with E-state index in [0.717, 1.165) is 0 Å². The molecule has 0 fully saturated rings. The Balaban J connectivity index is 2.69. The Labute approximate surface area is 101 Å². The summed E-state index contributed by atoms with van der Waals surface area (Å²) >= 11 is 0. The van der Waals surface area contributed by atoms with Crippen LogP contribution in [-0.4, -0.2) is 32.2 Å². The van der Waals surface area contributed by atoms with E-state index in [1.165, 1.54) is 0 Å². The van der Waals surface area contributed by atoms with E-state index in [2.05, 4.69) is 5.32 Å². The highest BCUT2D eigenvalue weighted by Gasteiger charge is 2.29. The molecule has 0 radical (unpaired) electrons. The number of methoxy groups -OCH3 is 1. The zero-order chi connectivity index (χ0) is 12.9. The van der Waals surface area contributed by atoms with E-state index in [0.29, 0.717) is 11.5 Å². The van der Waals surface area contributed by atoms with Gasteiger partial charge < -0.3 is 20.5 Å². The summed E-state index contributed by atoms with van der Waals surface area (Å²) in [7, 11) is 3.25. The monoisotopic (exact) mass is 238 g/mol. The molecule has 0 saturated heterocycles. The zero-order valence-corrected chi connectivity index (χ0v) is 10.3. The Kier molecular flexibility index (Phi) is 4.34. The van der Waals surface area contributed by atoms with Crippen molar-refractivity contribution in [2.75, 3.05) is 20.8 Å². The molecule has 5 nitrogen and oxygen atoms in total. The fourth-order valence-electron chi connectivity index (χ4n) is 1.19. The molecule has 1 rings (SSSR count). The first-order valence-corrected chi connectivity index (χ1v) is 5.27. The van der Waals surface area contributed by atoms with Gasteiger partial charge in [0.2, 0.25) is 5.91 Å². The first-order chi connectivity index (χ1) is 8.01. The molecule has 1 unspecified atom stereocenters. The first-order valence-electron chi connectivity index (χ1n) is 5.27. The molecule has 0 heterocycles. The maximum absolute atomic E-state index is 11.3. The van der Waals surface area contributed by atoms with Gasteiger partial charge in [0.1, 0.15) is 23.6 Å². The molecular formula is C12H18N2O3. The van der Waals surface area contributed by atoms with Gasteiger partial charge in [-0.25, -0.2) is 0 Å². The molecule has 0 saturated carbocycles. The minimum absolute atomic E-state index is 0.159. The second kappa shape index (κ2) is 5.54. The third-order valence-corrected chi connectivity index (χ3v) is 2.66. The summed E-state index contributed by atoms with van der Waals surface area (Å²) in [5.41, 5.74) is 4.41. The average Bonchev–Trinajstić information content (AvgIpc) is 2.36. The van der Waals surface area contributed by atoms with E-state index < -0.39 is 11.4 Å². The van der Waals surface area contributed by atoms with Gasteiger partial charge in [-0.3, -0.25) is 4.79 Å². The number of nitrogens with two attached hydrogens (primary N) is 1. The van der Waals surface area contributed by atoms with Crippen molar-refractivity contribution >= 4 is 5.91 Å². The van der Waals surface area contributed by atoms with Crippen molar-refractivity contribution in [3.05, 3.63) is 24.3 Å². The fourth-order valence-corrected chi connectivity index (χ4v) is 1.19. The van der Waals surface area contributed by atoms with Gasteiger partial charge in [-0.1, -0.05) is 6.07 Å². The third kappa shape index (κ3) is 3.35. The lowest BCUT2D eigenvalue weighted by atomic mass is 10.0. The molecule has 1 aromatic carbocycles. The maximum Gasteiger partial charge on any atom is 0.240 e. The molecule has 1 atom stereocenters. The van der Waals surface area contributed by atoms with Crippen LogP contribution in [0.3, 0.4) is 0 Å². The second-order valence-corrected chi connectivity index (χ2v) is 3.91. The van der Waals surface area contributed by atoms with Crippen LogP contribution >= 0.6 is 0 Å². The Morgan fingerprint density at radius 1 is 1.47 bits per heavy atom. The van der Waals surface area contributed by atoms with Crippen LogP contribution in [0.25, 0.3) is 0 Å². The van der Waals surface area contributed by atoms with Crippen LogP contribution in [0.15, 0.2) is 24.3 Å². The quantitative estimate of drug-likeness (QED) is 0.758. The number of carbonyl (C=O) groups excluding carboxylic acids is 1. The fraction of sp³-hybridized carbons (Fsp3) is 0.417. The molecular weight excluding hydrogens is 220 g/mol. The highest BCUT2D eigenvalue weighted by molar-refractivity contribution is 5.84. The Bertz CT molecular complexity index is 395. The number of likely N-dealkylation sites (N-methyl/N-ethyl adjacent to an activating group) is 1. The standard InChI is InChI=1S/C12H18N2O3/c1-12(14-2,11(13)15)8-17-10-6-4-5-9(7-10)16-3/h4-7,14H,8H2,1-3H3,(H2,13,15). The van der Waals surface area contributed by atoms with Gasteiger partial charge in [0.05, 0.1) is 7.11 Å². The van der Waals surface area contributed by atoms with Crippen molar-refractivity contribution in [1.82, 2.24) is 5.32 Å². The Morgan fingerprint density at radius 3 is 2.65 bits per heavy atom. The lowest BCUT2D eigenvalue weighted by Crippen LogP contribution is -2.55. The predicted molar refractivity (Wildman–Crippen MR) is 65.1 cm³/mol. The van der Waals surface area contributed by atoms with Crippen molar-refractivity contribution in [2.24, 2.45) is 5.73 Å². The Morgan fingerprint density at radius 2 is 2.12 bits per heavy atom. The topological polar surface area (TPSA) is 73.6 Å². The number of amides is 1. The van der Waals surface area contributed by atoms with Crippen LogP contribution in [0.5, 0.6) is 11.5 Å². The van der Waals surface area contributed by atoms with E-state index in [1.54, 1.807) is 33.2 Å². The summed E-state index contributed by atoms with van der Waals surface area (Å²) in [6.07, 6.45) is 0. The number of ether oxygens (including phenoxy) is 2. The molecule has 5 heteroatoms. The molecule has 0 aliphatic heterocycles. The third-order valence-electron chi connectivity index (χ3n) is 2.66. The normalized spacial score (nSPS) is 13.8. The maximum atomic E-state index is 11.3. The van der Waals surface area contributed by atoms with Gasteiger partial charge in [-0.2, -0.15) is 0 Å². The first kappa shape index (κ1) is 13.3. The number of hydrogen-bond acceptors (Lipinski definition) is 4. The highest BCUT2D eigenvalue weighted by atomic mass is 16.5. The second-order valence-electron chi connectivity index (χ2n) is 3.91. The summed E-state index contributed by atoms with van der Waals surface area (Å²) in [4.78, 5) is 11.3. The van der Waals surface area contributed by atoms with E-state index in [9.17, 15) is 4.79 Å². The molecule has 0 spiro atoms. The number of carbonyl (C=O) groups is 1. The van der Waals surface area contributed by atoms with Crippen molar-refractivity contribution in [2.45, 2.75) is 12.5 Å². The number of hydrogen-bond donors (Lipinski definition) is 2. The molecule has 94 valence electrons. The van der Waals surface area contributed by atoms with Crippen molar-refractivity contribution in [3.8, 4) is 11.5 Å². The van der Waals surface area contributed by atoms with Gasteiger partial charge in [0.15, 0.2) is 0 Å². The lowest BCUT2D eigenvalue weighted by molar-refractivity contribution is -0.124. The van der Waals surface area contributed by atoms with Crippen LogP contribution in [0.1, 0.15) is 6.92 Å². The molecule has 1 aromatic rings. The van der Waals surface area contributed by atoms with E-state index >= 15 is 0 Å². The van der Waals surface area contributed by atoms with Gasteiger partial charge in [0.25, 0.3) is 0 Å². The molecule has 17 heavy (non-hydrogen) atoms. The Hall–Kier alpha value is -1.75. The van der Waals surface area contributed by atoms with Gasteiger partial charge in [-0.05, 0) is 26.1 Å². The van der Waals surface area contributed by atoms with Crippen LogP contribution in [-0.2, 0) is 4.79 Å². The number of rotatable bonds is 6. The largest absolute Gasteiger partial charge is 0.497 e. The van der Waals surface area contributed by atoms with Crippen LogP contribution in [0.2, 0.25) is 0 Å². The van der Waals surface area contributed by atoms with Gasteiger partial charge in [-0.15, -0.1) is 0 Å².